The number of amides is 1. The van der Waals surface area contributed by atoms with Crippen molar-refractivity contribution in [3.05, 3.63) is 92.4 Å². The van der Waals surface area contributed by atoms with E-state index in [2.05, 4.69) is 42.5 Å². The Kier molecular flexibility index (Phi) is 11.5. The van der Waals surface area contributed by atoms with Crippen LogP contribution >= 0.6 is 42.6 Å². The smallest absolute Gasteiger partial charge is 0.251 e. The second kappa shape index (κ2) is 14.9. The molecule has 1 aliphatic heterocycles. The fraction of sp³-hybridized carbons (Fsp3) is 0.367. The molecule has 0 spiro atoms. The Labute approximate surface area is 260 Å². The van der Waals surface area contributed by atoms with Gasteiger partial charge in [0, 0.05) is 40.2 Å². The van der Waals surface area contributed by atoms with Crippen molar-refractivity contribution in [2.45, 2.75) is 44.9 Å². The number of ether oxygens (including phenoxy) is 1. The first-order valence-electron chi connectivity index (χ1n) is 13.6. The minimum absolute atomic E-state index is 0.265. The number of aliphatic hydroxyl groups is 1. The number of nitrogens with one attached hydrogen (secondary N) is 2. The lowest BCUT2D eigenvalue weighted by Gasteiger charge is -2.38. The van der Waals surface area contributed by atoms with Crippen LogP contribution in [0.1, 0.15) is 41.3 Å². The van der Waals surface area contributed by atoms with E-state index in [1.54, 1.807) is 22.5 Å². The minimum Gasteiger partial charge on any atom is -0.494 e. The Morgan fingerprint density at radius 3 is 2.44 bits per heavy atom. The Balaban J connectivity index is 1.52. The van der Waals surface area contributed by atoms with Crippen LogP contribution in [-0.4, -0.2) is 57.7 Å². The molecule has 1 amide bonds. The van der Waals surface area contributed by atoms with Gasteiger partial charge in [-0.15, -0.1) is 10.8 Å². The van der Waals surface area contributed by atoms with E-state index in [1.807, 2.05) is 55.5 Å². The molecule has 1 heterocycles. The summed E-state index contributed by atoms with van der Waals surface area (Å²) in [4.78, 5) is 13.6. The molecule has 0 aromatic heterocycles. The molecule has 0 unspecified atom stereocenters. The molecule has 1 saturated heterocycles. The van der Waals surface area contributed by atoms with E-state index in [0.29, 0.717) is 55.3 Å². The molecule has 4 rings (SSSR count). The van der Waals surface area contributed by atoms with E-state index in [1.165, 1.54) is 0 Å². The summed E-state index contributed by atoms with van der Waals surface area (Å²) < 4.78 is 30.4. The number of hydrogen-bond donors (Lipinski definition) is 5. The lowest BCUT2D eigenvalue weighted by atomic mass is 10.00. The van der Waals surface area contributed by atoms with Gasteiger partial charge in [0.15, 0.2) is 0 Å². The van der Waals surface area contributed by atoms with Crippen molar-refractivity contribution in [3.63, 3.8) is 0 Å². The van der Waals surface area contributed by atoms with Gasteiger partial charge in [0.2, 0.25) is 0 Å². The van der Waals surface area contributed by atoms with Crippen molar-refractivity contribution in [1.29, 1.82) is 0 Å². The molecule has 222 valence electrons. The number of nitrogens with zero attached hydrogens (tertiary/aromatic N) is 1. The normalized spacial score (nSPS) is 16.7. The van der Waals surface area contributed by atoms with Gasteiger partial charge in [-0.25, -0.2) is 0 Å². The Morgan fingerprint density at radius 2 is 1.78 bits per heavy atom. The van der Waals surface area contributed by atoms with Crippen LogP contribution in [0.25, 0.3) is 0 Å². The average molecular weight is 712 g/mol. The third-order valence-corrected chi connectivity index (χ3v) is 9.58. The number of aliphatic hydroxyl groups excluding tert-OH is 1. The monoisotopic (exact) mass is 709 g/mol. The highest BCUT2D eigenvalue weighted by Gasteiger charge is 2.30. The summed E-state index contributed by atoms with van der Waals surface area (Å²) in [6.07, 6.45) is 1.00. The first-order valence-corrected chi connectivity index (χ1v) is 16.9. The molecular weight excluding hydrogens is 674 g/mol. The summed E-state index contributed by atoms with van der Waals surface area (Å²) in [6.45, 7) is 3.76. The van der Waals surface area contributed by atoms with Gasteiger partial charge in [-0.2, -0.15) is 0 Å². The fourth-order valence-electron chi connectivity index (χ4n) is 4.74. The molecule has 0 radical (unpaired) electrons. The van der Waals surface area contributed by atoms with Crippen molar-refractivity contribution >= 4 is 54.2 Å². The predicted molar refractivity (Wildman–Crippen MR) is 173 cm³/mol. The molecule has 41 heavy (non-hydrogen) atoms. The van der Waals surface area contributed by atoms with E-state index >= 15 is 0 Å². The molecule has 0 saturated carbocycles. The third kappa shape index (κ3) is 9.18. The highest BCUT2D eigenvalue weighted by atomic mass is 79.9. The number of hydrogen-bond acceptors (Lipinski definition) is 7. The number of anilines is 1. The first-order chi connectivity index (χ1) is 19.6. The van der Waals surface area contributed by atoms with E-state index in [9.17, 15) is 19.0 Å². The topological polar surface area (TPSA) is 114 Å². The van der Waals surface area contributed by atoms with Crippen LogP contribution in [0, 0.1) is 0 Å². The molecule has 2 atom stereocenters. The van der Waals surface area contributed by atoms with Crippen LogP contribution in [-0.2, 0) is 13.0 Å². The van der Waals surface area contributed by atoms with Gasteiger partial charge in [-0.1, -0.05) is 69.1 Å². The molecule has 11 heteroatoms. The zero-order valence-electron chi connectivity index (χ0n) is 22.9. The lowest BCUT2D eigenvalue weighted by Crippen LogP contribution is -2.48. The van der Waals surface area contributed by atoms with Gasteiger partial charge in [-0.3, -0.25) is 18.2 Å². The van der Waals surface area contributed by atoms with Gasteiger partial charge in [0.1, 0.15) is 5.75 Å². The van der Waals surface area contributed by atoms with Gasteiger partial charge >= 0.3 is 0 Å². The minimum atomic E-state index is -2.94. The van der Waals surface area contributed by atoms with Crippen molar-refractivity contribution in [2.75, 3.05) is 29.8 Å². The van der Waals surface area contributed by atoms with E-state index in [-0.39, 0.29) is 12.5 Å². The van der Waals surface area contributed by atoms with Crippen molar-refractivity contribution in [2.24, 2.45) is 0 Å². The van der Waals surface area contributed by atoms with Gasteiger partial charge in [-0.05, 0) is 60.7 Å². The number of carbonyl (C=O) groups is 1. The summed E-state index contributed by atoms with van der Waals surface area (Å²) in [5.41, 5.74) is 2.89. The largest absolute Gasteiger partial charge is 0.494 e. The van der Waals surface area contributed by atoms with Crippen molar-refractivity contribution in [3.8, 4) is 5.75 Å². The van der Waals surface area contributed by atoms with Crippen molar-refractivity contribution in [1.82, 2.24) is 10.6 Å². The van der Waals surface area contributed by atoms with Crippen LogP contribution < -0.4 is 19.7 Å². The second-order valence-corrected chi connectivity index (χ2v) is 14.0. The molecule has 1 aliphatic rings. The van der Waals surface area contributed by atoms with Gasteiger partial charge in [0.05, 0.1) is 30.2 Å². The predicted octanol–water partition coefficient (Wildman–Crippen LogP) is 6.37. The van der Waals surface area contributed by atoms with Crippen LogP contribution in [0.15, 0.2) is 75.7 Å². The summed E-state index contributed by atoms with van der Waals surface area (Å²) in [5, 5.41) is 17.6. The van der Waals surface area contributed by atoms with Crippen LogP contribution in [0.5, 0.6) is 5.75 Å². The quantitative estimate of drug-likeness (QED) is 0.140. The SMILES string of the molecule is CCCOc1cc(C(=O)N[C@@H](Cc2ccccc2)[C@@H](O)CNCc2cc(Br)cc(Br)c2)cc(N2CCCS2(O)O)c1. The zero-order valence-corrected chi connectivity index (χ0v) is 26.9. The Hall–Kier alpha value is -2.12. The maximum atomic E-state index is 13.6. The molecule has 0 aliphatic carbocycles. The summed E-state index contributed by atoms with van der Waals surface area (Å²) in [6, 6.07) is 20.2. The molecule has 1 fully saturated rings. The molecule has 3 aromatic rings. The molecule has 0 bridgehead atoms. The number of carbonyl (C=O) groups excluding carboxylic acids is 1. The molecule has 5 N–H and O–H groups in total. The average Bonchev–Trinajstić information content (AvgIpc) is 3.30. The van der Waals surface area contributed by atoms with Crippen LogP contribution in [0.4, 0.5) is 5.69 Å². The van der Waals surface area contributed by atoms with Crippen molar-refractivity contribution < 1.29 is 23.7 Å². The third-order valence-electron chi connectivity index (χ3n) is 6.73. The van der Waals surface area contributed by atoms with Gasteiger partial charge < -0.3 is 20.5 Å². The standard InChI is InChI=1S/C30H37Br2N3O5S/c1-2-10-40-27-16-23(15-26(18-27)35-9-6-11-41(35,38)39)30(37)34-28(14-21-7-4-3-5-8-21)29(36)20-33-19-22-12-24(31)17-25(32)13-22/h3-5,7-8,12-13,15-18,28-29,33,36,38-39H,2,6,9-11,14,19-20H2,1H3,(H,34,37)/t28-,29-/m0/s1. The highest BCUT2D eigenvalue weighted by molar-refractivity contribution is 9.11. The van der Waals surface area contributed by atoms with E-state index in [0.717, 1.165) is 26.5 Å². The van der Waals surface area contributed by atoms with Crippen LogP contribution in [0.3, 0.4) is 0 Å². The molecule has 3 aromatic carbocycles. The Bertz CT molecular complexity index is 1290. The fourth-order valence-corrected chi connectivity index (χ4v) is 7.73. The maximum Gasteiger partial charge on any atom is 0.251 e. The Morgan fingerprint density at radius 1 is 1.05 bits per heavy atom. The number of rotatable bonds is 13. The summed E-state index contributed by atoms with van der Waals surface area (Å²) in [7, 11) is -2.94. The summed E-state index contributed by atoms with van der Waals surface area (Å²) in [5.74, 6) is 0.405. The lowest BCUT2D eigenvalue weighted by molar-refractivity contribution is 0.0829. The number of halogens is 2. The number of benzene rings is 3. The highest BCUT2D eigenvalue weighted by Crippen LogP contribution is 2.51. The maximum absolute atomic E-state index is 13.6. The molecule has 8 nitrogen and oxygen atoms in total. The van der Waals surface area contributed by atoms with E-state index in [4.69, 9.17) is 4.74 Å². The van der Waals surface area contributed by atoms with Crippen LogP contribution in [0.2, 0.25) is 0 Å². The first kappa shape index (κ1) is 31.8. The van der Waals surface area contributed by atoms with E-state index < -0.39 is 22.9 Å². The summed E-state index contributed by atoms with van der Waals surface area (Å²) >= 11 is 7.00. The van der Waals surface area contributed by atoms with Gasteiger partial charge in [0.25, 0.3) is 5.91 Å². The zero-order chi connectivity index (χ0) is 29.4. The molecular formula is C30H37Br2N3O5S. The second-order valence-electron chi connectivity index (χ2n) is 10.1.